The summed E-state index contributed by atoms with van der Waals surface area (Å²) in [4.78, 5) is 37.0. The molecule has 2 N–H and O–H groups in total. The van der Waals surface area contributed by atoms with E-state index in [9.17, 15) is 22.8 Å². The molecule has 1 aromatic carbocycles. The largest absolute Gasteiger partial charge is 0.486 e. The Morgan fingerprint density at radius 3 is 2.50 bits per heavy atom. The van der Waals surface area contributed by atoms with E-state index in [0.29, 0.717) is 24.7 Å². The molecule has 0 aromatic heterocycles. The maximum atomic E-state index is 13.1. The number of rotatable bonds is 7. The number of carbonyl (C=O) groups is 3. The second kappa shape index (κ2) is 10.7. The fraction of sp³-hybridized carbons (Fsp3) is 0.522. The van der Waals surface area contributed by atoms with Gasteiger partial charge in [0, 0.05) is 19.2 Å². The highest BCUT2D eigenvalue weighted by Crippen LogP contribution is 2.34. The van der Waals surface area contributed by atoms with Crippen LogP contribution in [0.15, 0.2) is 34.4 Å². The van der Waals surface area contributed by atoms with Gasteiger partial charge in [-0.2, -0.15) is 4.31 Å². The fourth-order valence-corrected chi connectivity index (χ4v) is 5.81. The van der Waals surface area contributed by atoms with Gasteiger partial charge in [0.25, 0.3) is 0 Å². The maximum absolute atomic E-state index is 13.1. The van der Waals surface area contributed by atoms with Crippen LogP contribution < -0.4 is 20.1 Å². The fourth-order valence-electron chi connectivity index (χ4n) is 4.32. The van der Waals surface area contributed by atoms with Crippen LogP contribution in [0, 0.1) is 5.92 Å². The molecule has 13 heteroatoms. The van der Waals surface area contributed by atoms with Crippen LogP contribution in [0.4, 0.5) is 4.79 Å². The molecule has 196 valence electrons. The quantitative estimate of drug-likeness (QED) is 0.498. The summed E-state index contributed by atoms with van der Waals surface area (Å²) >= 11 is 0. The second-order valence-corrected chi connectivity index (χ2v) is 10.5. The molecule has 0 spiro atoms. The Balaban J connectivity index is 1.36. The lowest BCUT2D eigenvalue weighted by Crippen LogP contribution is -2.50. The number of sulfonamides is 1. The number of ether oxygens (including phenoxy) is 4. The van der Waals surface area contributed by atoms with Crippen molar-refractivity contribution in [1.82, 2.24) is 14.9 Å². The highest BCUT2D eigenvalue weighted by Gasteiger charge is 2.35. The SMILES string of the molecule is CCOC(=O)C1=C(COC(=O)C2CCN(S(=O)(=O)c3ccc4c(c3)OCCO4)CC2)NC(=O)N[C@@H]1C. The number of nitrogens with zero attached hydrogens (tertiary/aromatic N) is 1. The lowest BCUT2D eigenvalue weighted by atomic mass is 9.98. The van der Waals surface area contributed by atoms with Crippen molar-refractivity contribution in [2.75, 3.05) is 39.5 Å². The first-order valence-electron chi connectivity index (χ1n) is 11.7. The molecule has 3 aliphatic rings. The molecule has 1 aromatic rings. The Kier molecular flexibility index (Phi) is 7.69. The summed E-state index contributed by atoms with van der Waals surface area (Å²) in [6.07, 6.45) is 0.549. The van der Waals surface area contributed by atoms with Crippen molar-refractivity contribution in [1.29, 1.82) is 0 Å². The number of amides is 2. The summed E-state index contributed by atoms with van der Waals surface area (Å²) in [6, 6.07) is 3.38. The monoisotopic (exact) mass is 523 g/mol. The first-order valence-corrected chi connectivity index (χ1v) is 13.2. The van der Waals surface area contributed by atoms with Crippen LogP contribution in [0.25, 0.3) is 0 Å². The van der Waals surface area contributed by atoms with Gasteiger partial charge in [0.1, 0.15) is 19.8 Å². The third kappa shape index (κ3) is 5.41. The van der Waals surface area contributed by atoms with Gasteiger partial charge in [0.2, 0.25) is 10.0 Å². The first-order chi connectivity index (χ1) is 17.2. The Morgan fingerprint density at radius 2 is 1.81 bits per heavy atom. The van der Waals surface area contributed by atoms with Crippen LogP contribution in [0.3, 0.4) is 0 Å². The molecule has 4 rings (SSSR count). The number of hydrogen-bond donors (Lipinski definition) is 2. The Morgan fingerprint density at radius 1 is 1.11 bits per heavy atom. The Hall–Kier alpha value is -3.32. The number of nitrogens with one attached hydrogen (secondary N) is 2. The first kappa shape index (κ1) is 25.8. The number of fused-ring (bicyclic) bond motifs is 1. The minimum atomic E-state index is -3.78. The van der Waals surface area contributed by atoms with Crippen LogP contribution in [0.1, 0.15) is 26.7 Å². The van der Waals surface area contributed by atoms with Crippen LogP contribution in [0.5, 0.6) is 11.5 Å². The summed E-state index contributed by atoms with van der Waals surface area (Å²) in [5, 5.41) is 5.08. The predicted octanol–water partition coefficient (Wildman–Crippen LogP) is 0.920. The van der Waals surface area contributed by atoms with Crippen LogP contribution in [-0.2, 0) is 29.1 Å². The summed E-state index contributed by atoms with van der Waals surface area (Å²) < 4.78 is 48.9. The van der Waals surface area contributed by atoms with Gasteiger partial charge in [-0.05, 0) is 38.8 Å². The lowest BCUT2D eigenvalue weighted by Gasteiger charge is -2.31. The molecule has 0 unspecified atom stereocenters. The van der Waals surface area contributed by atoms with Crippen molar-refractivity contribution in [3.8, 4) is 11.5 Å². The minimum absolute atomic E-state index is 0.0991. The molecule has 1 fully saturated rings. The van der Waals surface area contributed by atoms with E-state index in [2.05, 4.69) is 10.6 Å². The molecule has 0 saturated carbocycles. The van der Waals surface area contributed by atoms with E-state index in [1.807, 2.05) is 0 Å². The normalized spacial score (nSPS) is 20.8. The minimum Gasteiger partial charge on any atom is -0.486 e. The Labute approximate surface area is 208 Å². The number of piperidine rings is 1. The van der Waals surface area contributed by atoms with Crippen molar-refractivity contribution in [3.63, 3.8) is 0 Å². The van der Waals surface area contributed by atoms with Gasteiger partial charge in [-0.25, -0.2) is 18.0 Å². The van der Waals surface area contributed by atoms with E-state index in [1.165, 1.54) is 16.4 Å². The van der Waals surface area contributed by atoms with E-state index in [4.69, 9.17) is 18.9 Å². The van der Waals surface area contributed by atoms with Gasteiger partial charge >= 0.3 is 18.0 Å². The highest BCUT2D eigenvalue weighted by molar-refractivity contribution is 7.89. The third-order valence-corrected chi connectivity index (χ3v) is 8.06. The molecule has 12 nitrogen and oxygen atoms in total. The number of esters is 2. The van der Waals surface area contributed by atoms with Crippen molar-refractivity contribution in [3.05, 3.63) is 29.5 Å². The standard InChI is InChI=1S/C23H29N3O9S/c1-3-32-22(28)20-14(2)24-23(29)25-17(20)13-35-21(27)15-6-8-26(9-7-15)36(30,31)16-4-5-18-19(12-16)34-11-10-33-18/h4-5,12,14-15H,3,6-11,13H2,1-2H3,(H2,24,25,29)/t14-/m1/s1. The number of carbonyl (C=O) groups excluding carboxylic acids is 3. The lowest BCUT2D eigenvalue weighted by molar-refractivity contribution is -0.149. The predicted molar refractivity (Wildman–Crippen MR) is 125 cm³/mol. The number of benzene rings is 1. The molecule has 0 aliphatic carbocycles. The molecule has 0 radical (unpaired) electrons. The zero-order chi connectivity index (χ0) is 25.9. The van der Waals surface area contributed by atoms with Gasteiger partial charge in [0.05, 0.1) is 34.7 Å². The molecule has 3 aliphatic heterocycles. The van der Waals surface area contributed by atoms with Crippen molar-refractivity contribution < 1.29 is 41.7 Å². The van der Waals surface area contributed by atoms with Gasteiger partial charge in [-0.3, -0.25) is 4.79 Å². The van der Waals surface area contributed by atoms with E-state index < -0.39 is 40.0 Å². The van der Waals surface area contributed by atoms with Gasteiger partial charge < -0.3 is 29.6 Å². The van der Waals surface area contributed by atoms with Crippen LogP contribution in [-0.4, -0.2) is 76.3 Å². The molecule has 2 amide bonds. The van der Waals surface area contributed by atoms with Crippen molar-refractivity contribution in [2.24, 2.45) is 5.92 Å². The van der Waals surface area contributed by atoms with Crippen molar-refractivity contribution in [2.45, 2.75) is 37.6 Å². The number of urea groups is 1. The van der Waals surface area contributed by atoms with E-state index in [0.717, 1.165) is 0 Å². The molecule has 0 bridgehead atoms. The third-order valence-electron chi connectivity index (χ3n) is 6.16. The zero-order valence-corrected chi connectivity index (χ0v) is 20.9. The highest BCUT2D eigenvalue weighted by atomic mass is 32.2. The van der Waals surface area contributed by atoms with E-state index in [-0.39, 0.29) is 55.3 Å². The average molecular weight is 524 g/mol. The number of hydrogen-bond acceptors (Lipinski definition) is 9. The topological polar surface area (TPSA) is 150 Å². The zero-order valence-electron chi connectivity index (χ0n) is 20.1. The van der Waals surface area contributed by atoms with E-state index >= 15 is 0 Å². The van der Waals surface area contributed by atoms with E-state index in [1.54, 1.807) is 19.9 Å². The van der Waals surface area contributed by atoms with Gasteiger partial charge in [0.15, 0.2) is 11.5 Å². The summed E-state index contributed by atoms with van der Waals surface area (Å²) in [5.74, 6) is -0.763. The second-order valence-electron chi connectivity index (χ2n) is 8.52. The molecule has 36 heavy (non-hydrogen) atoms. The molecular weight excluding hydrogens is 494 g/mol. The van der Waals surface area contributed by atoms with Crippen molar-refractivity contribution >= 4 is 28.0 Å². The summed E-state index contributed by atoms with van der Waals surface area (Å²) in [6.45, 7) is 4.19. The average Bonchev–Trinajstić information content (AvgIpc) is 2.86. The molecule has 3 heterocycles. The molecule has 1 saturated heterocycles. The summed E-state index contributed by atoms with van der Waals surface area (Å²) in [7, 11) is -3.78. The molecular formula is C23H29N3O9S. The summed E-state index contributed by atoms with van der Waals surface area (Å²) in [5.41, 5.74) is 0.348. The van der Waals surface area contributed by atoms with Crippen LogP contribution in [0.2, 0.25) is 0 Å². The maximum Gasteiger partial charge on any atom is 0.338 e. The molecule has 1 atom stereocenters. The smallest absolute Gasteiger partial charge is 0.338 e. The Bertz CT molecular complexity index is 1170. The van der Waals surface area contributed by atoms with Gasteiger partial charge in [-0.15, -0.1) is 0 Å². The van der Waals surface area contributed by atoms with Crippen LogP contribution >= 0.6 is 0 Å². The van der Waals surface area contributed by atoms with Gasteiger partial charge in [-0.1, -0.05) is 0 Å².